The molecule has 0 atom stereocenters. The Labute approximate surface area is 222 Å². The molecule has 0 aliphatic heterocycles. The number of carbonyl (C=O) groups is 2. The van der Waals surface area contributed by atoms with Crippen molar-refractivity contribution in [1.82, 2.24) is 5.32 Å². The van der Waals surface area contributed by atoms with Gasteiger partial charge in [-0.25, -0.2) is 0 Å². The Morgan fingerprint density at radius 2 is 1.37 bits per heavy atom. The maximum atomic E-state index is 13.2. The van der Waals surface area contributed by atoms with Gasteiger partial charge in [0.25, 0.3) is 0 Å². The van der Waals surface area contributed by atoms with Gasteiger partial charge in [0.05, 0.1) is 14.2 Å². The van der Waals surface area contributed by atoms with Crippen molar-refractivity contribution >= 4 is 17.8 Å². The van der Waals surface area contributed by atoms with Crippen LogP contribution >= 0.6 is 0 Å². The van der Waals surface area contributed by atoms with Gasteiger partial charge in [-0.1, -0.05) is 54.6 Å². The van der Waals surface area contributed by atoms with Crippen molar-refractivity contribution in [3.8, 4) is 23.0 Å². The topological polar surface area (TPSA) is 73.9 Å². The van der Waals surface area contributed by atoms with Gasteiger partial charge >= 0.3 is 0 Å². The Bertz CT molecular complexity index is 1400. The molecule has 4 aromatic carbocycles. The van der Waals surface area contributed by atoms with Gasteiger partial charge < -0.3 is 19.5 Å². The second-order valence-corrected chi connectivity index (χ2v) is 8.49. The number of Topliss-reactive ketones (excluding diaryl/α,β-unsaturated/α-hetero) is 1. The number of nitrogens with one attached hydrogen (secondary N) is 1. The summed E-state index contributed by atoms with van der Waals surface area (Å²) in [5.41, 5.74) is 2.50. The summed E-state index contributed by atoms with van der Waals surface area (Å²) < 4.78 is 16.5. The Kier molecular flexibility index (Phi) is 8.92. The number of amides is 1. The van der Waals surface area contributed by atoms with Gasteiger partial charge in [0.2, 0.25) is 5.91 Å². The number of para-hydroxylation sites is 1. The molecule has 0 aromatic heterocycles. The van der Waals surface area contributed by atoms with Crippen LogP contribution in [0.25, 0.3) is 6.08 Å². The summed E-state index contributed by atoms with van der Waals surface area (Å²) in [7, 11) is 3.11. The summed E-state index contributed by atoms with van der Waals surface area (Å²) in [5.74, 6) is 1.94. The summed E-state index contributed by atoms with van der Waals surface area (Å²) in [6.07, 6.45) is 1.63. The van der Waals surface area contributed by atoms with Crippen molar-refractivity contribution in [1.29, 1.82) is 0 Å². The smallest absolute Gasteiger partial charge is 0.247 e. The van der Waals surface area contributed by atoms with E-state index in [0.29, 0.717) is 46.2 Å². The largest absolute Gasteiger partial charge is 0.493 e. The standard InChI is InChI=1S/C32H29NO5/c1-36-30-18-13-24(20-31(30)37-2)19-26(32(35)33-22-23-9-5-3-6-10-23)21-29(34)25-14-16-28(17-15-25)38-27-11-7-4-8-12-27/h3-20H,21-22H2,1-2H3,(H,33,35)/b26-19+. The van der Waals surface area contributed by atoms with E-state index in [9.17, 15) is 9.59 Å². The van der Waals surface area contributed by atoms with Gasteiger partial charge in [-0.2, -0.15) is 0 Å². The van der Waals surface area contributed by atoms with E-state index in [2.05, 4.69) is 5.32 Å². The Balaban J connectivity index is 1.54. The molecule has 1 amide bonds. The molecule has 4 aromatic rings. The van der Waals surface area contributed by atoms with Crippen molar-refractivity contribution in [3.05, 3.63) is 125 Å². The number of hydrogen-bond donors (Lipinski definition) is 1. The first-order valence-corrected chi connectivity index (χ1v) is 12.2. The molecule has 1 N–H and O–H groups in total. The van der Waals surface area contributed by atoms with E-state index < -0.39 is 0 Å². The average Bonchev–Trinajstić information content (AvgIpc) is 2.97. The van der Waals surface area contributed by atoms with Gasteiger partial charge in [-0.05, 0) is 65.7 Å². The van der Waals surface area contributed by atoms with Crippen LogP contribution in [0.2, 0.25) is 0 Å². The maximum absolute atomic E-state index is 13.2. The molecular weight excluding hydrogens is 478 g/mol. The molecule has 192 valence electrons. The fraction of sp³-hybridized carbons (Fsp3) is 0.125. The molecule has 0 heterocycles. The Morgan fingerprint density at radius 1 is 0.737 bits per heavy atom. The molecule has 0 aliphatic carbocycles. The highest BCUT2D eigenvalue weighted by Gasteiger charge is 2.17. The van der Waals surface area contributed by atoms with E-state index in [1.807, 2.05) is 66.7 Å². The Hall–Kier alpha value is -4.84. The van der Waals surface area contributed by atoms with Crippen LogP contribution in [0.15, 0.2) is 109 Å². The molecule has 0 radical (unpaired) electrons. The lowest BCUT2D eigenvalue weighted by molar-refractivity contribution is -0.117. The van der Waals surface area contributed by atoms with Crippen LogP contribution in [0, 0.1) is 0 Å². The van der Waals surface area contributed by atoms with Crippen LogP contribution in [0.5, 0.6) is 23.0 Å². The van der Waals surface area contributed by atoms with Crippen molar-refractivity contribution in [2.45, 2.75) is 13.0 Å². The van der Waals surface area contributed by atoms with Gasteiger partial charge in [0, 0.05) is 24.1 Å². The van der Waals surface area contributed by atoms with Crippen LogP contribution in [-0.4, -0.2) is 25.9 Å². The Morgan fingerprint density at radius 3 is 2.03 bits per heavy atom. The van der Waals surface area contributed by atoms with Gasteiger partial charge in [0.15, 0.2) is 17.3 Å². The molecular formula is C32H29NO5. The predicted octanol–water partition coefficient (Wildman–Crippen LogP) is 6.47. The summed E-state index contributed by atoms with van der Waals surface area (Å²) in [4.78, 5) is 26.4. The van der Waals surface area contributed by atoms with Crippen LogP contribution in [0.4, 0.5) is 0 Å². The number of rotatable bonds is 11. The van der Waals surface area contributed by atoms with Crippen LogP contribution in [0.3, 0.4) is 0 Å². The lowest BCUT2D eigenvalue weighted by Gasteiger charge is -2.11. The SMILES string of the molecule is COc1ccc(/C=C(\CC(=O)c2ccc(Oc3ccccc3)cc2)C(=O)NCc2ccccc2)cc1OC. The molecule has 4 rings (SSSR count). The second kappa shape index (κ2) is 12.9. The van der Waals surface area contributed by atoms with Crippen molar-refractivity contribution < 1.29 is 23.8 Å². The molecule has 38 heavy (non-hydrogen) atoms. The predicted molar refractivity (Wildman–Crippen MR) is 148 cm³/mol. The molecule has 0 saturated carbocycles. The number of carbonyl (C=O) groups excluding carboxylic acids is 2. The minimum absolute atomic E-state index is 0.0755. The molecule has 6 nitrogen and oxygen atoms in total. The third-order valence-electron chi connectivity index (χ3n) is 5.84. The first-order valence-electron chi connectivity index (χ1n) is 12.2. The van der Waals surface area contributed by atoms with Gasteiger partial charge in [0.1, 0.15) is 11.5 Å². The van der Waals surface area contributed by atoms with Crippen LogP contribution < -0.4 is 19.5 Å². The number of ether oxygens (including phenoxy) is 3. The maximum Gasteiger partial charge on any atom is 0.247 e. The summed E-state index contributed by atoms with van der Waals surface area (Å²) >= 11 is 0. The second-order valence-electron chi connectivity index (χ2n) is 8.49. The zero-order valence-electron chi connectivity index (χ0n) is 21.3. The van der Waals surface area contributed by atoms with Gasteiger partial charge in [-0.3, -0.25) is 9.59 Å². The lowest BCUT2D eigenvalue weighted by atomic mass is 10.00. The molecule has 0 bridgehead atoms. The van der Waals surface area contributed by atoms with E-state index in [1.54, 1.807) is 56.7 Å². The number of benzene rings is 4. The van der Waals surface area contributed by atoms with Crippen molar-refractivity contribution in [2.24, 2.45) is 0 Å². The first-order chi connectivity index (χ1) is 18.6. The summed E-state index contributed by atoms with van der Waals surface area (Å²) in [6.45, 7) is 0.350. The number of methoxy groups -OCH3 is 2. The molecule has 0 saturated heterocycles. The fourth-order valence-electron chi connectivity index (χ4n) is 3.84. The highest BCUT2D eigenvalue weighted by atomic mass is 16.5. The normalized spacial score (nSPS) is 10.9. The van der Waals surface area contributed by atoms with Crippen molar-refractivity contribution in [3.63, 3.8) is 0 Å². The fourth-order valence-corrected chi connectivity index (χ4v) is 3.84. The third-order valence-corrected chi connectivity index (χ3v) is 5.84. The first kappa shape index (κ1) is 26.2. The zero-order valence-corrected chi connectivity index (χ0v) is 21.3. The molecule has 0 unspecified atom stereocenters. The van der Waals surface area contributed by atoms with E-state index in [4.69, 9.17) is 14.2 Å². The quantitative estimate of drug-likeness (QED) is 0.186. The van der Waals surface area contributed by atoms with E-state index >= 15 is 0 Å². The molecule has 0 aliphatic rings. The summed E-state index contributed by atoms with van der Waals surface area (Å²) in [5, 5.41) is 2.93. The van der Waals surface area contributed by atoms with Crippen LogP contribution in [0.1, 0.15) is 27.9 Å². The van der Waals surface area contributed by atoms with E-state index in [0.717, 1.165) is 5.56 Å². The minimum atomic E-state index is -0.319. The minimum Gasteiger partial charge on any atom is -0.493 e. The van der Waals surface area contributed by atoms with Crippen molar-refractivity contribution in [2.75, 3.05) is 14.2 Å². The average molecular weight is 508 g/mol. The lowest BCUT2D eigenvalue weighted by Crippen LogP contribution is -2.25. The highest BCUT2D eigenvalue weighted by Crippen LogP contribution is 2.29. The van der Waals surface area contributed by atoms with Gasteiger partial charge in [-0.15, -0.1) is 0 Å². The summed E-state index contributed by atoms with van der Waals surface area (Å²) in [6, 6.07) is 31.3. The zero-order chi connectivity index (χ0) is 26.7. The monoisotopic (exact) mass is 507 g/mol. The van der Waals surface area contributed by atoms with E-state index in [-0.39, 0.29) is 18.1 Å². The highest BCUT2D eigenvalue weighted by molar-refractivity contribution is 6.07. The number of ketones is 1. The van der Waals surface area contributed by atoms with E-state index in [1.165, 1.54) is 0 Å². The molecule has 0 spiro atoms. The number of hydrogen-bond acceptors (Lipinski definition) is 5. The molecule has 0 fully saturated rings. The molecule has 6 heteroatoms. The third kappa shape index (κ3) is 7.11. The van der Waals surface area contributed by atoms with Crippen LogP contribution in [-0.2, 0) is 11.3 Å².